The highest BCUT2D eigenvalue weighted by Crippen LogP contribution is 2.19. The SMILES string of the molecule is N#CCC(=O)c1cc(Br)ccc1I. The Balaban J connectivity index is 3.07. The number of carbonyl (C=O) groups is 1. The molecule has 1 aromatic carbocycles. The van der Waals surface area contributed by atoms with E-state index < -0.39 is 0 Å². The number of nitrogens with zero attached hydrogens (tertiary/aromatic N) is 1. The highest BCUT2D eigenvalue weighted by atomic mass is 127. The zero-order valence-electron chi connectivity index (χ0n) is 6.55. The number of carbonyl (C=O) groups excluding carboxylic acids is 1. The third-order valence-corrected chi connectivity index (χ3v) is 2.90. The first-order valence-electron chi connectivity index (χ1n) is 3.50. The van der Waals surface area contributed by atoms with Crippen molar-refractivity contribution in [2.75, 3.05) is 0 Å². The predicted octanol–water partition coefficient (Wildman–Crippen LogP) is 3.15. The van der Waals surface area contributed by atoms with Crippen molar-refractivity contribution in [3.05, 3.63) is 31.8 Å². The number of ketones is 1. The Morgan fingerprint density at radius 3 is 2.92 bits per heavy atom. The topological polar surface area (TPSA) is 40.9 Å². The number of hydrogen-bond donors (Lipinski definition) is 0. The van der Waals surface area contributed by atoms with Crippen LogP contribution in [0.15, 0.2) is 22.7 Å². The van der Waals surface area contributed by atoms with Crippen LogP contribution in [0.5, 0.6) is 0 Å². The van der Waals surface area contributed by atoms with Crippen molar-refractivity contribution in [1.29, 1.82) is 5.26 Å². The first-order valence-corrected chi connectivity index (χ1v) is 5.37. The first-order chi connectivity index (χ1) is 6.15. The maximum atomic E-state index is 11.4. The summed E-state index contributed by atoms with van der Waals surface area (Å²) in [6.07, 6.45) is -0.0630. The summed E-state index contributed by atoms with van der Waals surface area (Å²) in [5.41, 5.74) is 0.608. The standard InChI is InChI=1S/C9H5BrINO/c10-6-1-2-8(11)7(5-6)9(13)3-4-12/h1-2,5H,3H2. The van der Waals surface area contributed by atoms with Crippen LogP contribution < -0.4 is 0 Å². The molecule has 0 atom stereocenters. The highest BCUT2D eigenvalue weighted by molar-refractivity contribution is 14.1. The molecule has 0 bridgehead atoms. The molecule has 13 heavy (non-hydrogen) atoms. The Labute approximate surface area is 98.2 Å². The summed E-state index contributed by atoms with van der Waals surface area (Å²) < 4.78 is 1.73. The highest BCUT2D eigenvalue weighted by Gasteiger charge is 2.09. The zero-order chi connectivity index (χ0) is 9.84. The molecule has 1 rings (SSSR count). The van der Waals surface area contributed by atoms with Crippen molar-refractivity contribution >= 4 is 44.3 Å². The van der Waals surface area contributed by atoms with Gasteiger partial charge >= 0.3 is 0 Å². The summed E-state index contributed by atoms with van der Waals surface area (Å²) in [5, 5.41) is 8.37. The Kier molecular flexibility index (Phi) is 3.88. The molecule has 0 N–H and O–H groups in total. The van der Waals surface area contributed by atoms with Gasteiger partial charge in [0.15, 0.2) is 5.78 Å². The van der Waals surface area contributed by atoms with Crippen molar-refractivity contribution in [3.8, 4) is 6.07 Å². The van der Waals surface area contributed by atoms with Crippen LogP contribution in [0.25, 0.3) is 0 Å². The Morgan fingerprint density at radius 1 is 1.62 bits per heavy atom. The lowest BCUT2D eigenvalue weighted by Crippen LogP contribution is -2.00. The predicted molar refractivity (Wildman–Crippen MR) is 61.4 cm³/mol. The quantitative estimate of drug-likeness (QED) is 0.608. The molecule has 0 aliphatic heterocycles. The van der Waals surface area contributed by atoms with Gasteiger partial charge in [-0.1, -0.05) is 15.9 Å². The molecule has 0 radical (unpaired) electrons. The molecule has 0 spiro atoms. The molecule has 4 heteroatoms. The third kappa shape index (κ3) is 2.78. The fourth-order valence-electron chi connectivity index (χ4n) is 0.878. The summed E-state index contributed by atoms with van der Waals surface area (Å²) in [4.78, 5) is 11.4. The molecule has 0 heterocycles. The molecule has 1 aromatic rings. The summed E-state index contributed by atoms with van der Waals surface area (Å²) >= 11 is 5.36. The van der Waals surface area contributed by atoms with E-state index in [1.807, 2.05) is 18.2 Å². The molecule has 0 aliphatic rings. The number of Topliss-reactive ketones (excluding diaryl/α,β-unsaturated/α-hetero) is 1. The second-order valence-electron chi connectivity index (χ2n) is 2.38. The van der Waals surface area contributed by atoms with E-state index in [9.17, 15) is 4.79 Å². The molecule has 66 valence electrons. The van der Waals surface area contributed by atoms with Crippen LogP contribution in [0.2, 0.25) is 0 Å². The molecule has 0 saturated carbocycles. The van der Waals surface area contributed by atoms with Gasteiger partial charge in [0.2, 0.25) is 0 Å². The number of benzene rings is 1. The maximum Gasteiger partial charge on any atom is 0.177 e. The van der Waals surface area contributed by atoms with E-state index in [4.69, 9.17) is 5.26 Å². The lowest BCUT2D eigenvalue weighted by molar-refractivity contribution is 0.0997. The fraction of sp³-hybridized carbons (Fsp3) is 0.111. The van der Waals surface area contributed by atoms with E-state index in [2.05, 4.69) is 38.5 Å². The van der Waals surface area contributed by atoms with Gasteiger partial charge in [-0.15, -0.1) is 0 Å². The van der Waals surface area contributed by atoms with Gasteiger partial charge in [0.05, 0.1) is 12.5 Å². The number of rotatable bonds is 2. The van der Waals surface area contributed by atoms with Crippen LogP contribution in [0.1, 0.15) is 16.8 Å². The lowest BCUT2D eigenvalue weighted by atomic mass is 10.1. The van der Waals surface area contributed by atoms with Gasteiger partial charge in [0.1, 0.15) is 0 Å². The first kappa shape index (κ1) is 10.7. The Bertz CT molecular complexity index is 384. The van der Waals surface area contributed by atoms with Crippen LogP contribution in [0.4, 0.5) is 0 Å². The second-order valence-corrected chi connectivity index (χ2v) is 4.46. The van der Waals surface area contributed by atoms with Crippen LogP contribution in [0, 0.1) is 14.9 Å². The van der Waals surface area contributed by atoms with Crippen LogP contribution in [-0.4, -0.2) is 5.78 Å². The fourth-order valence-corrected chi connectivity index (χ4v) is 1.88. The smallest absolute Gasteiger partial charge is 0.177 e. The number of nitriles is 1. The molecule has 2 nitrogen and oxygen atoms in total. The monoisotopic (exact) mass is 349 g/mol. The average Bonchev–Trinajstić information content (AvgIpc) is 2.09. The van der Waals surface area contributed by atoms with Gasteiger partial charge in [-0.3, -0.25) is 4.79 Å². The van der Waals surface area contributed by atoms with Gasteiger partial charge in [-0.25, -0.2) is 0 Å². The van der Waals surface area contributed by atoms with E-state index in [1.54, 1.807) is 6.07 Å². The lowest BCUT2D eigenvalue weighted by Gasteiger charge is -2.00. The number of halogens is 2. The third-order valence-electron chi connectivity index (χ3n) is 1.47. The van der Waals surface area contributed by atoms with E-state index in [1.165, 1.54) is 0 Å². The summed E-state index contributed by atoms with van der Waals surface area (Å²) in [5.74, 6) is -0.131. The van der Waals surface area contributed by atoms with Crippen LogP contribution >= 0.6 is 38.5 Å². The molecule has 0 fully saturated rings. The van der Waals surface area contributed by atoms with E-state index in [0.717, 1.165) is 8.04 Å². The Morgan fingerprint density at radius 2 is 2.31 bits per heavy atom. The maximum absolute atomic E-state index is 11.4. The largest absolute Gasteiger partial charge is 0.293 e. The van der Waals surface area contributed by atoms with Crippen LogP contribution in [-0.2, 0) is 0 Å². The molecule has 0 unspecified atom stereocenters. The number of hydrogen-bond acceptors (Lipinski definition) is 2. The molecule has 0 amide bonds. The van der Waals surface area contributed by atoms with Gasteiger partial charge < -0.3 is 0 Å². The van der Waals surface area contributed by atoms with E-state index in [0.29, 0.717) is 5.56 Å². The summed E-state index contributed by atoms with van der Waals surface area (Å²) in [6, 6.07) is 7.29. The molecular formula is C9H5BrINO. The normalized spacial score (nSPS) is 9.31. The Hall–Kier alpha value is -0.410. The van der Waals surface area contributed by atoms with Gasteiger partial charge in [-0.05, 0) is 40.8 Å². The van der Waals surface area contributed by atoms with Gasteiger partial charge in [0, 0.05) is 13.6 Å². The van der Waals surface area contributed by atoms with E-state index in [-0.39, 0.29) is 12.2 Å². The van der Waals surface area contributed by atoms with Gasteiger partial charge in [-0.2, -0.15) is 5.26 Å². The molecule has 0 aromatic heterocycles. The molecule has 0 saturated heterocycles. The van der Waals surface area contributed by atoms with Crippen molar-refractivity contribution in [1.82, 2.24) is 0 Å². The zero-order valence-corrected chi connectivity index (χ0v) is 10.3. The minimum atomic E-state index is -0.131. The summed E-state index contributed by atoms with van der Waals surface area (Å²) in [6.45, 7) is 0. The summed E-state index contributed by atoms with van der Waals surface area (Å²) in [7, 11) is 0. The molecule has 0 aliphatic carbocycles. The van der Waals surface area contributed by atoms with Crippen molar-refractivity contribution in [3.63, 3.8) is 0 Å². The minimum Gasteiger partial charge on any atom is -0.293 e. The van der Waals surface area contributed by atoms with Crippen molar-refractivity contribution < 1.29 is 4.79 Å². The van der Waals surface area contributed by atoms with E-state index >= 15 is 0 Å². The van der Waals surface area contributed by atoms with Crippen LogP contribution in [0.3, 0.4) is 0 Å². The second kappa shape index (κ2) is 4.72. The van der Waals surface area contributed by atoms with Crippen molar-refractivity contribution in [2.24, 2.45) is 0 Å². The average molecular weight is 350 g/mol. The van der Waals surface area contributed by atoms with Crippen molar-refractivity contribution in [2.45, 2.75) is 6.42 Å². The minimum absolute atomic E-state index is 0.0630. The molecular weight excluding hydrogens is 345 g/mol. The van der Waals surface area contributed by atoms with Gasteiger partial charge in [0.25, 0.3) is 0 Å².